The van der Waals surface area contributed by atoms with E-state index in [4.69, 9.17) is 0 Å². The third-order valence-corrected chi connectivity index (χ3v) is 4.75. The lowest BCUT2D eigenvalue weighted by Gasteiger charge is -2.21. The summed E-state index contributed by atoms with van der Waals surface area (Å²) in [4.78, 5) is 26.6. The second kappa shape index (κ2) is 9.63. The predicted octanol–water partition coefficient (Wildman–Crippen LogP) is 4.23. The van der Waals surface area contributed by atoms with Gasteiger partial charge in [0.05, 0.1) is 23.1 Å². The highest BCUT2D eigenvalue weighted by atomic mass is 19.2. The molecule has 3 aromatic rings. The van der Waals surface area contributed by atoms with Crippen LogP contribution in [0.2, 0.25) is 0 Å². The normalized spacial score (nSPS) is 10.8. The Labute approximate surface area is 181 Å². The van der Waals surface area contributed by atoms with Crippen LogP contribution in [-0.4, -0.2) is 39.6 Å². The number of nitrogens with zero attached hydrogens (tertiary/aromatic N) is 3. The Morgan fingerprint density at radius 3 is 2.44 bits per heavy atom. The highest BCUT2D eigenvalue weighted by molar-refractivity contribution is 6.00. The summed E-state index contributed by atoms with van der Waals surface area (Å²) in [6.07, 6.45) is 1.79. The Morgan fingerprint density at radius 2 is 1.75 bits per heavy atom. The van der Waals surface area contributed by atoms with Crippen LogP contribution in [0.1, 0.15) is 29.4 Å². The van der Waals surface area contributed by atoms with E-state index in [9.17, 15) is 27.2 Å². The van der Waals surface area contributed by atoms with Crippen molar-refractivity contribution < 1.29 is 27.2 Å². The Balaban J connectivity index is 1.80. The molecule has 6 nitrogen and oxygen atoms in total. The largest absolute Gasteiger partial charge is 0.329 e. The van der Waals surface area contributed by atoms with Gasteiger partial charge in [0, 0.05) is 6.54 Å². The van der Waals surface area contributed by atoms with Crippen molar-refractivity contribution in [2.24, 2.45) is 0 Å². The number of anilines is 1. The average molecular weight is 448 g/mol. The number of carbonyl (C=O) groups is 2. The van der Waals surface area contributed by atoms with Crippen molar-refractivity contribution in [3.63, 3.8) is 0 Å². The molecule has 0 radical (unpaired) electrons. The summed E-state index contributed by atoms with van der Waals surface area (Å²) >= 11 is 0. The van der Waals surface area contributed by atoms with Gasteiger partial charge in [-0.1, -0.05) is 19.1 Å². The number of hydrogen-bond acceptors (Lipinski definition) is 3. The third kappa shape index (κ3) is 4.63. The Bertz CT molecular complexity index is 1160. The molecule has 168 valence electrons. The molecular weight excluding hydrogens is 428 g/mol. The zero-order valence-electron chi connectivity index (χ0n) is 17.3. The van der Waals surface area contributed by atoms with E-state index in [0.717, 1.165) is 6.07 Å². The van der Waals surface area contributed by atoms with Crippen molar-refractivity contribution in [3.05, 3.63) is 77.1 Å². The van der Waals surface area contributed by atoms with Gasteiger partial charge in [-0.05, 0) is 37.6 Å². The maximum atomic E-state index is 14.1. The number of carbonyl (C=O) groups excluding carboxylic acids is 2. The second-order valence-corrected chi connectivity index (χ2v) is 7.00. The third-order valence-electron chi connectivity index (χ3n) is 4.75. The Morgan fingerprint density at radius 1 is 1.03 bits per heavy atom. The maximum Gasteiger partial charge on any atom is 0.257 e. The molecule has 2 amide bonds. The summed E-state index contributed by atoms with van der Waals surface area (Å²) in [6.45, 7) is 3.11. The first-order chi connectivity index (χ1) is 15.2. The highest BCUT2D eigenvalue weighted by Gasteiger charge is 2.24. The first-order valence-corrected chi connectivity index (χ1v) is 9.76. The van der Waals surface area contributed by atoms with Gasteiger partial charge in [-0.25, -0.2) is 22.2 Å². The summed E-state index contributed by atoms with van der Waals surface area (Å²) in [7, 11) is 0. The topological polar surface area (TPSA) is 67.2 Å². The fourth-order valence-electron chi connectivity index (χ4n) is 3.16. The van der Waals surface area contributed by atoms with Gasteiger partial charge in [0.25, 0.3) is 5.91 Å². The number of nitrogens with one attached hydrogen (secondary N) is 1. The zero-order valence-corrected chi connectivity index (χ0v) is 17.3. The number of amides is 2. The molecule has 3 rings (SSSR count). The van der Waals surface area contributed by atoms with E-state index >= 15 is 0 Å². The lowest BCUT2D eigenvalue weighted by Crippen LogP contribution is -2.38. The minimum atomic E-state index is -1.71. The van der Waals surface area contributed by atoms with E-state index in [0.29, 0.717) is 18.2 Å². The fraction of sp³-hybridized carbons (Fsp3) is 0.227. The molecule has 10 heteroatoms. The van der Waals surface area contributed by atoms with Crippen LogP contribution < -0.4 is 5.32 Å². The molecule has 0 unspecified atom stereocenters. The quantitative estimate of drug-likeness (QED) is 0.435. The molecule has 0 saturated carbocycles. The molecule has 0 aliphatic rings. The van der Waals surface area contributed by atoms with Crippen LogP contribution in [0.15, 0.2) is 42.6 Å². The van der Waals surface area contributed by atoms with Crippen molar-refractivity contribution in [2.75, 3.05) is 18.4 Å². The molecule has 0 saturated heterocycles. The SMILES string of the molecule is CCCN(CC(=O)Nc1ccc(F)c(F)c1F)C(=O)c1cnn(-c2ccccc2F)c1C. The molecule has 1 aromatic heterocycles. The molecule has 0 fully saturated rings. The molecule has 0 aliphatic heterocycles. The van der Waals surface area contributed by atoms with E-state index < -0.39 is 47.3 Å². The number of benzene rings is 2. The van der Waals surface area contributed by atoms with Crippen LogP contribution in [0.3, 0.4) is 0 Å². The average Bonchev–Trinajstić information content (AvgIpc) is 3.14. The zero-order chi connectivity index (χ0) is 23.4. The van der Waals surface area contributed by atoms with Gasteiger partial charge in [-0.3, -0.25) is 9.59 Å². The second-order valence-electron chi connectivity index (χ2n) is 7.00. The number of para-hydroxylation sites is 1. The Kier molecular flexibility index (Phi) is 6.92. The molecule has 0 aliphatic carbocycles. The first kappa shape index (κ1) is 23.0. The summed E-state index contributed by atoms with van der Waals surface area (Å²) in [6, 6.07) is 7.51. The van der Waals surface area contributed by atoms with Crippen molar-refractivity contribution in [3.8, 4) is 5.69 Å². The molecule has 1 N–H and O–H groups in total. The standard InChI is InChI=1S/C22H20F4N4O2/c1-3-10-29(12-19(31)28-17-9-8-16(24)20(25)21(17)26)22(32)14-11-27-30(13(14)2)18-7-5-4-6-15(18)23/h4-9,11H,3,10,12H2,1-2H3,(H,28,31). The van der Waals surface area contributed by atoms with Crippen molar-refractivity contribution in [1.29, 1.82) is 0 Å². The van der Waals surface area contributed by atoms with E-state index in [-0.39, 0.29) is 17.8 Å². The van der Waals surface area contributed by atoms with E-state index in [1.54, 1.807) is 19.9 Å². The Hall–Kier alpha value is -3.69. The van der Waals surface area contributed by atoms with Gasteiger partial charge < -0.3 is 10.2 Å². The van der Waals surface area contributed by atoms with Crippen LogP contribution in [0.5, 0.6) is 0 Å². The van der Waals surface area contributed by atoms with Gasteiger partial charge >= 0.3 is 0 Å². The molecule has 0 spiro atoms. The molecule has 1 heterocycles. The number of halogens is 4. The van der Waals surface area contributed by atoms with Crippen LogP contribution in [0, 0.1) is 30.2 Å². The summed E-state index contributed by atoms with van der Waals surface area (Å²) in [5.41, 5.74) is 0.153. The van der Waals surface area contributed by atoms with Gasteiger partial charge in [0.15, 0.2) is 17.5 Å². The molecule has 0 atom stereocenters. The number of rotatable bonds is 7. The molecular formula is C22H20F4N4O2. The summed E-state index contributed by atoms with van der Waals surface area (Å²) in [5, 5.41) is 6.23. The number of aromatic nitrogens is 2. The fourth-order valence-corrected chi connectivity index (χ4v) is 3.16. The van der Waals surface area contributed by atoms with Crippen molar-refractivity contribution in [2.45, 2.75) is 20.3 Å². The van der Waals surface area contributed by atoms with Crippen LogP contribution >= 0.6 is 0 Å². The monoisotopic (exact) mass is 448 g/mol. The van der Waals surface area contributed by atoms with Gasteiger partial charge in [0.1, 0.15) is 18.0 Å². The lowest BCUT2D eigenvalue weighted by molar-refractivity contribution is -0.116. The molecule has 0 bridgehead atoms. The van der Waals surface area contributed by atoms with Gasteiger partial charge in [-0.2, -0.15) is 5.10 Å². The molecule has 32 heavy (non-hydrogen) atoms. The first-order valence-electron chi connectivity index (χ1n) is 9.76. The van der Waals surface area contributed by atoms with Crippen LogP contribution in [-0.2, 0) is 4.79 Å². The lowest BCUT2D eigenvalue weighted by atomic mass is 10.2. The predicted molar refractivity (Wildman–Crippen MR) is 109 cm³/mol. The number of hydrogen-bond donors (Lipinski definition) is 1. The van der Waals surface area contributed by atoms with E-state index in [2.05, 4.69) is 10.4 Å². The van der Waals surface area contributed by atoms with E-state index in [1.807, 2.05) is 0 Å². The van der Waals surface area contributed by atoms with E-state index in [1.165, 1.54) is 34.0 Å². The minimum Gasteiger partial charge on any atom is -0.329 e. The van der Waals surface area contributed by atoms with Crippen LogP contribution in [0.4, 0.5) is 23.2 Å². The van der Waals surface area contributed by atoms with Gasteiger partial charge in [-0.15, -0.1) is 0 Å². The summed E-state index contributed by atoms with van der Waals surface area (Å²) in [5.74, 6) is -6.47. The minimum absolute atomic E-state index is 0.161. The maximum absolute atomic E-state index is 14.1. The van der Waals surface area contributed by atoms with Crippen molar-refractivity contribution >= 4 is 17.5 Å². The van der Waals surface area contributed by atoms with Crippen LogP contribution in [0.25, 0.3) is 5.69 Å². The van der Waals surface area contributed by atoms with Gasteiger partial charge in [0.2, 0.25) is 5.91 Å². The van der Waals surface area contributed by atoms with Crippen molar-refractivity contribution in [1.82, 2.24) is 14.7 Å². The summed E-state index contributed by atoms with van der Waals surface area (Å²) < 4.78 is 55.7. The molecule has 2 aromatic carbocycles. The smallest absolute Gasteiger partial charge is 0.257 e. The highest BCUT2D eigenvalue weighted by Crippen LogP contribution is 2.21.